The molecule has 3 N–H and O–H groups in total. The molecule has 0 heterocycles. The van der Waals surface area contributed by atoms with E-state index in [1.54, 1.807) is 0 Å². The molecule has 17 nitrogen and oxygen atoms in total. The number of unbranched alkanes of at least 4 members (excludes halogenated alkanes) is 36. The fourth-order valence-corrected chi connectivity index (χ4v) is 12.6. The first-order chi connectivity index (χ1) is 44.1. The standard InChI is InChI=1S/C73H142O17P2/c1-63(2)49-41-33-25-19-13-10-9-11-15-22-28-37-45-53-70(75)83-59-68(89-72(77)55-47-39-29-23-16-12-14-20-26-34-42-50-64(3)4)61-87-91(79,80)85-57-67(74)58-86-92(81,82)88-62-69(60-84-71(76)54-46-38-32-31-36-44-52-66(7)8)90-73(78)56-48-40-30-24-18-17-21-27-35-43-51-65(5)6/h63-69,74H,9-62H2,1-8H3,(H,79,80)(H,81,82)/t67-,68-,69-/m1/s1. The molecule has 0 radical (unpaired) electrons. The lowest BCUT2D eigenvalue weighted by molar-refractivity contribution is -0.161. The second-order valence-corrected chi connectivity index (χ2v) is 31.1. The van der Waals surface area contributed by atoms with Crippen molar-refractivity contribution in [2.75, 3.05) is 39.6 Å². The van der Waals surface area contributed by atoms with Crippen molar-refractivity contribution in [2.24, 2.45) is 23.7 Å². The maximum absolute atomic E-state index is 13.1. The molecular formula is C73H142O17P2. The van der Waals surface area contributed by atoms with Crippen LogP contribution in [-0.2, 0) is 65.4 Å². The molecule has 0 aliphatic heterocycles. The van der Waals surface area contributed by atoms with Crippen LogP contribution in [0.15, 0.2) is 0 Å². The SMILES string of the molecule is CC(C)CCCCCCCCCCCCCCCC(=O)OC[C@H](COP(=O)(O)OC[C@@H](O)COP(=O)(O)OC[C@@H](COC(=O)CCCCCCCCC(C)C)OC(=O)CCCCCCCCCCCCC(C)C)OC(=O)CCCCCCCCCCCCCC(C)C. The van der Waals surface area contributed by atoms with Gasteiger partial charge >= 0.3 is 39.5 Å². The molecule has 0 bridgehead atoms. The third-order valence-corrected chi connectivity index (χ3v) is 18.7. The van der Waals surface area contributed by atoms with Gasteiger partial charge in [-0.3, -0.25) is 37.3 Å². The summed E-state index contributed by atoms with van der Waals surface area (Å²) in [6, 6.07) is 0. The maximum atomic E-state index is 13.1. The minimum absolute atomic E-state index is 0.104. The van der Waals surface area contributed by atoms with Crippen LogP contribution < -0.4 is 0 Å². The molecule has 0 aromatic rings. The fourth-order valence-electron chi connectivity index (χ4n) is 11.0. The Hall–Kier alpha value is -1.94. The van der Waals surface area contributed by atoms with Crippen LogP contribution in [0.4, 0.5) is 0 Å². The van der Waals surface area contributed by atoms with E-state index in [1.807, 2.05) is 0 Å². The molecule has 0 spiro atoms. The number of carbonyl (C=O) groups is 4. The zero-order chi connectivity index (χ0) is 68.2. The van der Waals surface area contributed by atoms with Crippen molar-refractivity contribution in [1.29, 1.82) is 0 Å². The number of hydrogen-bond acceptors (Lipinski definition) is 15. The summed E-state index contributed by atoms with van der Waals surface area (Å²) in [5.41, 5.74) is 0. The highest BCUT2D eigenvalue weighted by molar-refractivity contribution is 7.47. The van der Waals surface area contributed by atoms with Gasteiger partial charge in [0, 0.05) is 25.7 Å². The molecule has 2 unspecified atom stereocenters. The number of phosphoric acid groups is 2. The van der Waals surface area contributed by atoms with Crippen LogP contribution >= 0.6 is 15.6 Å². The van der Waals surface area contributed by atoms with Crippen molar-refractivity contribution < 1.29 is 80.2 Å². The van der Waals surface area contributed by atoms with Crippen LogP contribution in [0.25, 0.3) is 0 Å². The second kappa shape index (κ2) is 62.6. The van der Waals surface area contributed by atoms with Gasteiger partial charge in [-0.15, -0.1) is 0 Å². The highest BCUT2D eigenvalue weighted by Gasteiger charge is 2.30. The molecule has 0 aromatic carbocycles. The molecule has 19 heteroatoms. The molecular weight excluding hydrogens is 1210 g/mol. The number of esters is 4. The van der Waals surface area contributed by atoms with E-state index in [0.29, 0.717) is 31.6 Å². The average molecular weight is 1350 g/mol. The number of phosphoric ester groups is 2. The summed E-state index contributed by atoms with van der Waals surface area (Å²) in [6.45, 7) is 14.1. The molecule has 0 rings (SSSR count). The number of aliphatic hydroxyl groups excluding tert-OH is 1. The summed E-state index contributed by atoms with van der Waals surface area (Å²) in [6.07, 6.45) is 45.9. The monoisotopic (exact) mass is 1350 g/mol. The van der Waals surface area contributed by atoms with Crippen LogP contribution in [0.2, 0.25) is 0 Å². The number of hydrogen-bond donors (Lipinski definition) is 3. The Morgan fingerprint density at radius 3 is 0.674 bits per heavy atom. The predicted octanol–water partition coefficient (Wildman–Crippen LogP) is 20.9. The lowest BCUT2D eigenvalue weighted by Gasteiger charge is -2.21. The van der Waals surface area contributed by atoms with Gasteiger partial charge in [-0.05, 0) is 49.4 Å². The van der Waals surface area contributed by atoms with E-state index in [4.69, 9.17) is 37.0 Å². The Bertz CT molecular complexity index is 1820. The van der Waals surface area contributed by atoms with Crippen molar-refractivity contribution >= 4 is 39.5 Å². The molecule has 0 saturated carbocycles. The summed E-state index contributed by atoms with van der Waals surface area (Å²) in [4.78, 5) is 72.7. The van der Waals surface area contributed by atoms with Crippen molar-refractivity contribution in [3.05, 3.63) is 0 Å². The minimum Gasteiger partial charge on any atom is -0.462 e. The van der Waals surface area contributed by atoms with Crippen molar-refractivity contribution in [2.45, 2.75) is 382 Å². The zero-order valence-electron chi connectivity index (χ0n) is 60.2. The van der Waals surface area contributed by atoms with Gasteiger partial charge in [0.15, 0.2) is 12.2 Å². The summed E-state index contributed by atoms with van der Waals surface area (Å²) >= 11 is 0. The van der Waals surface area contributed by atoms with Crippen LogP contribution in [0.3, 0.4) is 0 Å². The summed E-state index contributed by atoms with van der Waals surface area (Å²) in [7, 11) is -9.91. The Morgan fingerprint density at radius 2 is 0.457 bits per heavy atom. The van der Waals surface area contributed by atoms with Gasteiger partial charge < -0.3 is 33.8 Å². The van der Waals surface area contributed by atoms with E-state index < -0.39 is 97.5 Å². The zero-order valence-corrected chi connectivity index (χ0v) is 62.0. The van der Waals surface area contributed by atoms with Gasteiger partial charge in [0.05, 0.1) is 26.4 Å². The molecule has 546 valence electrons. The number of ether oxygens (including phenoxy) is 4. The maximum Gasteiger partial charge on any atom is 0.472 e. The molecule has 0 aromatic heterocycles. The predicted molar refractivity (Wildman–Crippen MR) is 372 cm³/mol. The van der Waals surface area contributed by atoms with Crippen molar-refractivity contribution in [3.63, 3.8) is 0 Å². The van der Waals surface area contributed by atoms with Gasteiger partial charge in [-0.25, -0.2) is 9.13 Å². The van der Waals surface area contributed by atoms with Gasteiger partial charge in [0.2, 0.25) is 0 Å². The Morgan fingerprint density at radius 1 is 0.272 bits per heavy atom. The molecule has 0 amide bonds. The summed E-state index contributed by atoms with van der Waals surface area (Å²) in [5, 5.41) is 10.6. The Labute approximate surface area is 562 Å². The summed E-state index contributed by atoms with van der Waals surface area (Å²) in [5.74, 6) is 0.861. The van der Waals surface area contributed by atoms with Crippen LogP contribution in [0.5, 0.6) is 0 Å². The van der Waals surface area contributed by atoms with Crippen molar-refractivity contribution in [1.82, 2.24) is 0 Å². The third kappa shape index (κ3) is 66.7. The second-order valence-electron chi connectivity index (χ2n) is 28.2. The van der Waals surface area contributed by atoms with E-state index in [-0.39, 0.29) is 25.7 Å². The quantitative estimate of drug-likeness (QED) is 0.0222. The normalized spacial score (nSPS) is 14.2. The largest absolute Gasteiger partial charge is 0.472 e. The molecule has 92 heavy (non-hydrogen) atoms. The smallest absolute Gasteiger partial charge is 0.462 e. The van der Waals surface area contributed by atoms with Crippen LogP contribution in [0.1, 0.15) is 364 Å². The first kappa shape index (κ1) is 90.1. The molecule has 5 atom stereocenters. The third-order valence-electron chi connectivity index (χ3n) is 16.8. The highest BCUT2D eigenvalue weighted by Crippen LogP contribution is 2.45. The first-order valence-electron chi connectivity index (χ1n) is 37.7. The fraction of sp³-hybridized carbons (Fsp3) is 0.945. The lowest BCUT2D eigenvalue weighted by atomic mass is 10.0. The van der Waals surface area contributed by atoms with Gasteiger partial charge in [-0.1, -0.05) is 312 Å². The molecule has 0 fully saturated rings. The van der Waals surface area contributed by atoms with E-state index >= 15 is 0 Å². The van der Waals surface area contributed by atoms with Gasteiger partial charge in [-0.2, -0.15) is 0 Å². The lowest BCUT2D eigenvalue weighted by Crippen LogP contribution is -2.30. The molecule has 0 aliphatic rings. The topological polar surface area (TPSA) is 237 Å². The van der Waals surface area contributed by atoms with Crippen molar-refractivity contribution in [3.8, 4) is 0 Å². The average Bonchev–Trinajstić information content (AvgIpc) is 2.34. The number of carbonyl (C=O) groups excluding carboxylic acids is 4. The van der Waals surface area contributed by atoms with E-state index in [9.17, 15) is 43.2 Å². The minimum atomic E-state index is -4.96. The number of rotatable bonds is 70. The Kier molecular flexibility index (Phi) is 61.3. The first-order valence-corrected chi connectivity index (χ1v) is 40.7. The van der Waals surface area contributed by atoms with Gasteiger partial charge in [0.25, 0.3) is 0 Å². The van der Waals surface area contributed by atoms with E-state index in [1.165, 1.54) is 161 Å². The Balaban J connectivity index is 5.24. The number of aliphatic hydroxyl groups is 1. The molecule has 0 saturated heterocycles. The van der Waals surface area contributed by atoms with Crippen LogP contribution in [-0.4, -0.2) is 96.7 Å². The molecule has 0 aliphatic carbocycles. The van der Waals surface area contributed by atoms with Crippen LogP contribution in [0, 0.1) is 23.7 Å². The van der Waals surface area contributed by atoms with E-state index in [0.717, 1.165) is 114 Å². The van der Waals surface area contributed by atoms with E-state index in [2.05, 4.69) is 55.4 Å². The summed E-state index contributed by atoms with van der Waals surface area (Å²) < 4.78 is 68.4. The highest BCUT2D eigenvalue weighted by atomic mass is 31.2. The van der Waals surface area contributed by atoms with Gasteiger partial charge in [0.1, 0.15) is 19.3 Å².